The average molecular weight is 268 g/mol. The maximum absolute atomic E-state index is 11.5. The van der Waals surface area contributed by atoms with Crippen LogP contribution < -0.4 is 11.3 Å². The summed E-state index contributed by atoms with van der Waals surface area (Å²) in [5, 5.41) is 1.16. The molecule has 1 unspecified atom stereocenters. The number of nitrogens with zero attached hydrogens (tertiary/aromatic N) is 1. The Kier molecular flexibility index (Phi) is 3.12. The van der Waals surface area contributed by atoms with Gasteiger partial charge in [0.2, 0.25) is 0 Å². The van der Waals surface area contributed by atoms with Gasteiger partial charge in [0.15, 0.2) is 0 Å². The fourth-order valence-corrected chi connectivity index (χ4v) is 2.43. The lowest BCUT2D eigenvalue weighted by Gasteiger charge is -2.10. The first kappa shape index (κ1) is 12.6. The molecule has 2 aromatic heterocycles. The van der Waals surface area contributed by atoms with Gasteiger partial charge in [-0.05, 0) is 25.0 Å². The first-order valence-corrected chi connectivity index (χ1v) is 6.52. The molecule has 20 heavy (non-hydrogen) atoms. The van der Waals surface area contributed by atoms with Crippen LogP contribution in [0.25, 0.3) is 10.9 Å². The average Bonchev–Trinajstić information content (AvgIpc) is 2.81. The third kappa shape index (κ3) is 2.35. The molecule has 2 heterocycles. The van der Waals surface area contributed by atoms with E-state index < -0.39 is 0 Å². The van der Waals surface area contributed by atoms with Crippen LogP contribution in [0.5, 0.6) is 0 Å². The molecule has 0 amide bonds. The number of H-pyrrole nitrogens is 2. The lowest BCUT2D eigenvalue weighted by atomic mass is 10.0. The van der Waals surface area contributed by atoms with Crippen molar-refractivity contribution in [2.45, 2.75) is 19.4 Å². The fraction of sp³-hybridized carbons (Fsp3) is 0.200. The second-order valence-corrected chi connectivity index (χ2v) is 4.93. The van der Waals surface area contributed by atoms with Crippen LogP contribution >= 0.6 is 0 Å². The smallest absolute Gasteiger partial charge is 0.251 e. The highest BCUT2D eigenvalue weighted by atomic mass is 16.1. The number of hydrogen-bond acceptors (Lipinski definition) is 3. The molecule has 0 saturated heterocycles. The van der Waals surface area contributed by atoms with Gasteiger partial charge in [0.1, 0.15) is 5.82 Å². The van der Waals surface area contributed by atoms with Gasteiger partial charge in [-0.1, -0.05) is 18.2 Å². The first-order chi connectivity index (χ1) is 9.63. The van der Waals surface area contributed by atoms with E-state index in [0.717, 1.165) is 16.5 Å². The van der Waals surface area contributed by atoms with Gasteiger partial charge < -0.3 is 15.7 Å². The number of hydrogen-bond donors (Lipinski definition) is 3. The van der Waals surface area contributed by atoms with Gasteiger partial charge in [0.25, 0.3) is 5.56 Å². The van der Waals surface area contributed by atoms with Crippen molar-refractivity contribution in [1.29, 1.82) is 0 Å². The van der Waals surface area contributed by atoms with Gasteiger partial charge in [-0.3, -0.25) is 4.79 Å². The van der Waals surface area contributed by atoms with Crippen molar-refractivity contribution in [2.75, 3.05) is 0 Å². The molecule has 5 heteroatoms. The number of rotatable bonds is 3. The summed E-state index contributed by atoms with van der Waals surface area (Å²) in [4.78, 5) is 21.6. The molecule has 0 radical (unpaired) electrons. The lowest BCUT2D eigenvalue weighted by molar-refractivity contribution is 0.688. The molecule has 0 bridgehead atoms. The zero-order chi connectivity index (χ0) is 14.1. The number of para-hydroxylation sites is 1. The summed E-state index contributed by atoms with van der Waals surface area (Å²) in [7, 11) is 0. The van der Waals surface area contributed by atoms with E-state index in [4.69, 9.17) is 5.73 Å². The molecule has 0 aliphatic rings. The van der Waals surface area contributed by atoms with Crippen molar-refractivity contribution < 1.29 is 0 Å². The molecule has 4 N–H and O–H groups in total. The van der Waals surface area contributed by atoms with Crippen molar-refractivity contribution in [3.05, 3.63) is 64.0 Å². The van der Waals surface area contributed by atoms with Crippen LogP contribution in [0.4, 0.5) is 0 Å². The largest absolute Gasteiger partial charge is 0.361 e. The molecule has 1 aromatic carbocycles. The van der Waals surface area contributed by atoms with Gasteiger partial charge >= 0.3 is 0 Å². The fourth-order valence-electron chi connectivity index (χ4n) is 2.43. The molecular formula is C15H16N4O. The molecule has 102 valence electrons. The maximum Gasteiger partial charge on any atom is 0.251 e. The standard InChI is InChI=1S/C15H16N4O/c1-9-18-14(7-15(20)19-9)12(16)6-10-8-17-13-5-3-2-4-11(10)13/h2-5,7-8,12,17H,6,16H2,1H3,(H,18,19,20). The first-order valence-electron chi connectivity index (χ1n) is 6.52. The van der Waals surface area contributed by atoms with Crippen LogP contribution in [-0.2, 0) is 6.42 Å². The normalized spacial score (nSPS) is 12.7. The predicted molar refractivity (Wildman–Crippen MR) is 78.5 cm³/mol. The second kappa shape index (κ2) is 4.94. The molecule has 3 aromatic rings. The highest BCUT2D eigenvalue weighted by molar-refractivity contribution is 5.83. The number of aromatic nitrogens is 3. The van der Waals surface area contributed by atoms with Crippen LogP contribution in [0.3, 0.4) is 0 Å². The molecule has 5 nitrogen and oxygen atoms in total. The summed E-state index contributed by atoms with van der Waals surface area (Å²) < 4.78 is 0. The summed E-state index contributed by atoms with van der Waals surface area (Å²) in [6, 6.07) is 9.25. The van der Waals surface area contributed by atoms with Crippen molar-refractivity contribution in [1.82, 2.24) is 15.0 Å². The summed E-state index contributed by atoms with van der Waals surface area (Å²) >= 11 is 0. The lowest BCUT2D eigenvalue weighted by Crippen LogP contribution is -2.19. The quantitative estimate of drug-likeness (QED) is 0.677. The number of fused-ring (bicyclic) bond motifs is 1. The number of aryl methyl sites for hydroxylation is 1. The van der Waals surface area contributed by atoms with E-state index in [2.05, 4.69) is 21.0 Å². The van der Waals surface area contributed by atoms with E-state index in [9.17, 15) is 4.79 Å². The van der Waals surface area contributed by atoms with E-state index in [1.165, 1.54) is 6.07 Å². The van der Waals surface area contributed by atoms with E-state index in [0.29, 0.717) is 17.9 Å². The van der Waals surface area contributed by atoms with Crippen molar-refractivity contribution >= 4 is 10.9 Å². The summed E-state index contributed by atoms with van der Waals surface area (Å²) in [6.07, 6.45) is 2.60. The van der Waals surface area contributed by atoms with E-state index in [1.807, 2.05) is 24.4 Å². The van der Waals surface area contributed by atoms with Crippen LogP contribution in [0.15, 0.2) is 41.3 Å². The minimum absolute atomic E-state index is 0.165. The minimum atomic E-state index is -0.296. The van der Waals surface area contributed by atoms with Gasteiger partial charge in [-0.2, -0.15) is 0 Å². The number of aromatic amines is 2. The van der Waals surface area contributed by atoms with Gasteiger partial charge in [0.05, 0.1) is 11.7 Å². The highest BCUT2D eigenvalue weighted by Gasteiger charge is 2.12. The summed E-state index contributed by atoms with van der Waals surface area (Å²) in [6.45, 7) is 1.75. The number of nitrogens with one attached hydrogen (secondary N) is 2. The van der Waals surface area contributed by atoms with E-state index in [-0.39, 0.29) is 11.6 Å². The Hall–Kier alpha value is -2.40. The third-order valence-electron chi connectivity index (χ3n) is 3.37. The number of benzene rings is 1. The minimum Gasteiger partial charge on any atom is -0.361 e. The Morgan fingerprint density at radius 1 is 1.35 bits per heavy atom. The Morgan fingerprint density at radius 2 is 2.15 bits per heavy atom. The topological polar surface area (TPSA) is 87.6 Å². The molecule has 3 rings (SSSR count). The van der Waals surface area contributed by atoms with Crippen LogP contribution in [-0.4, -0.2) is 15.0 Å². The van der Waals surface area contributed by atoms with Crippen molar-refractivity contribution in [3.8, 4) is 0 Å². The third-order valence-corrected chi connectivity index (χ3v) is 3.37. The Balaban J connectivity index is 1.92. The van der Waals surface area contributed by atoms with Crippen LogP contribution in [0.1, 0.15) is 23.1 Å². The van der Waals surface area contributed by atoms with Gasteiger partial charge in [-0.25, -0.2) is 4.98 Å². The molecular weight excluding hydrogens is 252 g/mol. The molecule has 0 spiro atoms. The zero-order valence-electron chi connectivity index (χ0n) is 11.2. The molecule has 0 aliphatic carbocycles. The Bertz CT molecular complexity index is 803. The summed E-state index contributed by atoms with van der Waals surface area (Å²) in [5.74, 6) is 0.585. The molecule has 0 saturated carbocycles. The predicted octanol–water partition coefficient (Wildman–Crippen LogP) is 1.80. The van der Waals surface area contributed by atoms with Gasteiger partial charge in [0, 0.05) is 23.2 Å². The van der Waals surface area contributed by atoms with E-state index in [1.54, 1.807) is 6.92 Å². The van der Waals surface area contributed by atoms with E-state index >= 15 is 0 Å². The Morgan fingerprint density at radius 3 is 2.95 bits per heavy atom. The van der Waals surface area contributed by atoms with Gasteiger partial charge in [-0.15, -0.1) is 0 Å². The zero-order valence-corrected chi connectivity index (χ0v) is 11.2. The monoisotopic (exact) mass is 268 g/mol. The SMILES string of the molecule is Cc1nc(C(N)Cc2c[nH]c3ccccc23)cc(=O)[nH]1. The molecule has 0 aliphatic heterocycles. The maximum atomic E-state index is 11.5. The second-order valence-electron chi connectivity index (χ2n) is 4.93. The Labute approximate surface area is 115 Å². The van der Waals surface area contributed by atoms with Crippen LogP contribution in [0.2, 0.25) is 0 Å². The molecule has 0 fully saturated rings. The number of nitrogens with two attached hydrogens (primary N) is 1. The van der Waals surface area contributed by atoms with Crippen molar-refractivity contribution in [3.63, 3.8) is 0 Å². The summed E-state index contributed by atoms with van der Waals surface area (Å²) in [5.41, 5.74) is 8.86. The highest BCUT2D eigenvalue weighted by Crippen LogP contribution is 2.22. The molecule has 1 atom stereocenters. The van der Waals surface area contributed by atoms with Crippen molar-refractivity contribution in [2.24, 2.45) is 5.73 Å². The van der Waals surface area contributed by atoms with Crippen LogP contribution in [0, 0.1) is 6.92 Å².